The average molecular weight is 494 g/mol. The van der Waals surface area contributed by atoms with Gasteiger partial charge in [-0.25, -0.2) is 0 Å². The van der Waals surface area contributed by atoms with Gasteiger partial charge in [-0.2, -0.15) is 13.2 Å². The number of amides is 2. The first-order valence-electron chi connectivity index (χ1n) is 11.0. The summed E-state index contributed by atoms with van der Waals surface area (Å²) in [6, 6.07) is 14.3. The number of carbonyl (C=O) groups is 2. The fourth-order valence-electron chi connectivity index (χ4n) is 4.53. The van der Waals surface area contributed by atoms with Crippen molar-refractivity contribution in [3.8, 4) is 17.0 Å². The van der Waals surface area contributed by atoms with Crippen LogP contribution in [0.3, 0.4) is 0 Å². The zero-order chi connectivity index (χ0) is 25.7. The highest BCUT2D eigenvalue weighted by atomic mass is 19.4. The van der Waals surface area contributed by atoms with Crippen LogP contribution in [-0.2, 0) is 23.1 Å². The first-order chi connectivity index (χ1) is 17.1. The third kappa shape index (κ3) is 3.94. The highest BCUT2D eigenvalue weighted by molar-refractivity contribution is 6.00. The minimum atomic E-state index is -4.47. The van der Waals surface area contributed by atoms with Crippen molar-refractivity contribution in [1.29, 1.82) is 0 Å². The maximum absolute atomic E-state index is 13.2. The Labute approximate surface area is 204 Å². The predicted octanol–water partition coefficient (Wildman–Crippen LogP) is 3.82. The summed E-state index contributed by atoms with van der Waals surface area (Å²) >= 11 is 0. The van der Waals surface area contributed by atoms with Gasteiger partial charge in [0.1, 0.15) is 5.75 Å². The molecule has 5 rings (SSSR count). The predicted molar refractivity (Wildman–Crippen MR) is 125 cm³/mol. The van der Waals surface area contributed by atoms with Gasteiger partial charge in [-0.15, -0.1) is 0 Å². The molecule has 0 unspecified atom stereocenters. The minimum Gasteiger partial charge on any atom is -0.497 e. The number of aromatic nitrogens is 1. The number of halogens is 3. The van der Waals surface area contributed by atoms with Crippen LogP contribution in [0, 0.1) is 0 Å². The van der Waals surface area contributed by atoms with E-state index in [-0.39, 0.29) is 18.4 Å². The minimum absolute atomic E-state index is 0.0333. The van der Waals surface area contributed by atoms with Gasteiger partial charge in [-0.3, -0.25) is 14.6 Å². The molecule has 7 nitrogen and oxygen atoms in total. The van der Waals surface area contributed by atoms with Crippen molar-refractivity contribution in [2.45, 2.75) is 18.3 Å². The van der Waals surface area contributed by atoms with Gasteiger partial charge in [0.05, 0.1) is 30.7 Å². The first kappa shape index (κ1) is 23.4. The molecule has 1 saturated heterocycles. The van der Waals surface area contributed by atoms with Crippen molar-refractivity contribution in [3.63, 3.8) is 0 Å². The maximum atomic E-state index is 13.2. The van der Waals surface area contributed by atoms with Crippen molar-refractivity contribution in [1.82, 2.24) is 20.5 Å². The number of ether oxygens (including phenoxy) is 1. The summed E-state index contributed by atoms with van der Waals surface area (Å²) in [5.74, 6) is 0.283. The molecule has 2 aliphatic rings. The maximum Gasteiger partial charge on any atom is 0.417 e. The molecular formula is C26H21F3N4O3. The summed E-state index contributed by atoms with van der Waals surface area (Å²) in [7, 11) is 1.52. The van der Waals surface area contributed by atoms with Crippen molar-refractivity contribution < 1.29 is 27.5 Å². The molecule has 3 heterocycles. The molecule has 1 fully saturated rings. The smallest absolute Gasteiger partial charge is 0.417 e. The molecule has 0 bridgehead atoms. The van der Waals surface area contributed by atoms with Gasteiger partial charge in [0.15, 0.2) is 5.54 Å². The normalized spacial score (nSPS) is 19.2. The van der Waals surface area contributed by atoms with Gasteiger partial charge in [0.2, 0.25) is 0 Å². The van der Waals surface area contributed by atoms with E-state index in [1.54, 1.807) is 41.3 Å². The molecule has 36 heavy (non-hydrogen) atoms. The average Bonchev–Trinajstić information content (AvgIpc) is 3.33. The molecule has 3 aromatic rings. The number of alkyl halides is 3. The van der Waals surface area contributed by atoms with Crippen LogP contribution < -0.4 is 15.4 Å². The molecule has 2 aromatic carbocycles. The number of fused-ring (bicyclic) bond motifs is 1. The molecule has 0 radical (unpaired) electrons. The zero-order valence-corrected chi connectivity index (χ0v) is 19.1. The monoisotopic (exact) mass is 494 g/mol. The van der Waals surface area contributed by atoms with Gasteiger partial charge in [0.25, 0.3) is 11.8 Å². The third-order valence-electron chi connectivity index (χ3n) is 6.40. The van der Waals surface area contributed by atoms with E-state index in [1.165, 1.54) is 13.2 Å². The van der Waals surface area contributed by atoms with Crippen LogP contribution in [0.1, 0.15) is 27.0 Å². The molecule has 2 aliphatic heterocycles. The summed E-state index contributed by atoms with van der Waals surface area (Å²) in [6.07, 6.45) is -3.68. The molecule has 2 amide bonds. The van der Waals surface area contributed by atoms with Crippen molar-refractivity contribution in [3.05, 3.63) is 95.4 Å². The summed E-state index contributed by atoms with van der Waals surface area (Å²) in [6.45, 7) is 4.17. The third-order valence-corrected chi connectivity index (χ3v) is 6.40. The Morgan fingerprint density at radius 2 is 1.86 bits per heavy atom. The molecule has 1 atom stereocenters. The van der Waals surface area contributed by atoms with E-state index in [0.29, 0.717) is 40.5 Å². The van der Waals surface area contributed by atoms with Crippen LogP contribution >= 0.6 is 0 Å². The van der Waals surface area contributed by atoms with Gasteiger partial charge in [-0.1, -0.05) is 36.9 Å². The van der Waals surface area contributed by atoms with E-state index >= 15 is 0 Å². The molecule has 0 saturated carbocycles. The Balaban J connectivity index is 1.44. The first-order valence-corrected chi connectivity index (χ1v) is 11.0. The summed E-state index contributed by atoms with van der Waals surface area (Å²) in [5, 5.41) is 5.78. The molecular weight excluding hydrogens is 473 g/mol. The van der Waals surface area contributed by atoms with Gasteiger partial charge in [-0.05, 0) is 35.4 Å². The standard InChI is InChI=1S/C26H21F3N4O3/c1-15-31-24(35)25(32-15,14-33-13-17-5-9-20(36-2)11-21(17)23(33)34)18-6-3-16(4-7-18)22-10-8-19(12-30-22)26(27,28)29/h3-12,32H,1,13-14H2,2H3,(H,31,35)/t25-/m0/s1. The lowest BCUT2D eigenvalue weighted by molar-refractivity contribution is -0.137. The van der Waals surface area contributed by atoms with Gasteiger partial charge < -0.3 is 20.3 Å². The topological polar surface area (TPSA) is 83.6 Å². The lowest BCUT2D eigenvalue weighted by Crippen LogP contribution is -2.52. The van der Waals surface area contributed by atoms with Crippen molar-refractivity contribution in [2.75, 3.05) is 13.7 Å². The molecule has 1 aromatic heterocycles. The Morgan fingerprint density at radius 1 is 1.11 bits per heavy atom. The largest absolute Gasteiger partial charge is 0.497 e. The quantitative estimate of drug-likeness (QED) is 0.564. The fraction of sp³-hybridized carbons (Fsp3) is 0.192. The van der Waals surface area contributed by atoms with Crippen LogP contribution in [0.4, 0.5) is 13.2 Å². The Morgan fingerprint density at radius 3 is 2.44 bits per heavy atom. The van der Waals surface area contributed by atoms with E-state index in [9.17, 15) is 22.8 Å². The van der Waals surface area contributed by atoms with Crippen LogP contribution in [0.2, 0.25) is 0 Å². The highest BCUT2D eigenvalue weighted by Gasteiger charge is 2.48. The fourth-order valence-corrected chi connectivity index (χ4v) is 4.53. The lowest BCUT2D eigenvalue weighted by Gasteiger charge is -2.32. The number of nitrogens with zero attached hydrogens (tertiary/aromatic N) is 2. The van der Waals surface area contributed by atoms with Crippen LogP contribution in [0.5, 0.6) is 5.75 Å². The number of nitrogens with one attached hydrogen (secondary N) is 2. The van der Waals surface area contributed by atoms with E-state index in [2.05, 4.69) is 22.2 Å². The number of pyridine rings is 1. The molecule has 184 valence electrons. The van der Waals surface area contributed by atoms with Crippen LogP contribution in [0.15, 0.2) is 73.2 Å². The van der Waals surface area contributed by atoms with Gasteiger partial charge >= 0.3 is 6.18 Å². The summed E-state index contributed by atoms with van der Waals surface area (Å²) < 4.78 is 43.8. The zero-order valence-electron chi connectivity index (χ0n) is 19.1. The molecule has 10 heteroatoms. The lowest BCUT2D eigenvalue weighted by atomic mass is 9.88. The second-order valence-electron chi connectivity index (χ2n) is 8.65. The SMILES string of the molecule is C=C1NC(=O)[C@](CN2Cc3ccc(OC)cc3C2=O)(c2ccc(-c3ccc(C(F)(F)F)cn3)cc2)N1. The second-order valence-corrected chi connectivity index (χ2v) is 8.65. The van der Waals surface area contributed by atoms with Crippen molar-refractivity contribution in [2.24, 2.45) is 0 Å². The Kier molecular flexibility index (Phi) is 5.46. The number of benzene rings is 2. The Hall–Kier alpha value is -4.34. The number of carbonyl (C=O) groups excluding carboxylic acids is 2. The van der Waals surface area contributed by atoms with Crippen LogP contribution in [-0.4, -0.2) is 35.4 Å². The summed E-state index contributed by atoms with van der Waals surface area (Å²) in [5.41, 5.74) is 0.719. The van der Waals surface area contributed by atoms with Gasteiger partial charge in [0, 0.05) is 23.9 Å². The van der Waals surface area contributed by atoms with E-state index in [4.69, 9.17) is 4.74 Å². The van der Waals surface area contributed by atoms with E-state index < -0.39 is 17.3 Å². The molecule has 0 aliphatic carbocycles. The van der Waals surface area contributed by atoms with E-state index in [0.717, 1.165) is 17.8 Å². The number of methoxy groups -OCH3 is 1. The number of hydrogen-bond donors (Lipinski definition) is 2. The van der Waals surface area contributed by atoms with Crippen molar-refractivity contribution >= 4 is 11.8 Å². The van der Waals surface area contributed by atoms with E-state index in [1.807, 2.05) is 6.07 Å². The van der Waals surface area contributed by atoms with Crippen LogP contribution in [0.25, 0.3) is 11.3 Å². The second kappa shape index (κ2) is 8.40. The molecule has 0 spiro atoms. The summed E-state index contributed by atoms with van der Waals surface area (Å²) in [4.78, 5) is 31.8. The number of rotatable bonds is 5. The number of hydrogen-bond acceptors (Lipinski definition) is 5. The highest BCUT2D eigenvalue weighted by Crippen LogP contribution is 2.34. The Bertz CT molecular complexity index is 1370. The molecule has 2 N–H and O–H groups in total.